The van der Waals surface area contributed by atoms with Crippen LogP contribution in [0.1, 0.15) is 31.2 Å². The monoisotopic (exact) mass is 249 g/mol. The van der Waals surface area contributed by atoms with Gasteiger partial charge in [-0.2, -0.15) is 5.10 Å². The summed E-state index contributed by atoms with van der Waals surface area (Å²) < 4.78 is 1.80. The van der Waals surface area contributed by atoms with Crippen LogP contribution in [0.4, 0.5) is 0 Å². The van der Waals surface area contributed by atoms with Crippen LogP contribution in [0.15, 0.2) is 18.2 Å². The van der Waals surface area contributed by atoms with Crippen molar-refractivity contribution in [3.8, 4) is 0 Å². The third-order valence-electron chi connectivity index (χ3n) is 3.88. The largest absolute Gasteiger partial charge is 0.321 e. The molecule has 0 bridgehead atoms. The van der Waals surface area contributed by atoms with Crippen LogP contribution >= 0.6 is 11.6 Å². The summed E-state index contributed by atoms with van der Waals surface area (Å²) in [7, 11) is 1.90. The Hall–Kier alpha value is -1.06. The van der Waals surface area contributed by atoms with Gasteiger partial charge in [0.2, 0.25) is 0 Å². The van der Waals surface area contributed by atoms with Crippen molar-refractivity contribution in [2.24, 2.45) is 12.8 Å². The van der Waals surface area contributed by atoms with Crippen molar-refractivity contribution in [2.45, 2.75) is 31.2 Å². The zero-order valence-corrected chi connectivity index (χ0v) is 10.7. The SMILES string of the molecule is Cn1nc(Cl)c2cc(C3(N)CCCC3)ccc21. The molecule has 2 N–H and O–H groups in total. The summed E-state index contributed by atoms with van der Waals surface area (Å²) in [6.07, 6.45) is 4.57. The molecular weight excluding hydrogens is 234 g/mol. The van der Waals surface area contributed by atoms with E-state index in [-0.39, 0.29) is 5.54 Å². The maximum Gasteiger partial charge on any atom is 0.158 e. The number of halogens is 1. The highest BCUT2D eigenvalue weighted by Gasteiger charge is 2.31. The quantitative estimate of drug-likeness (QED) is 0.845. The summed E-state index contributed by atoms with van der Waals surface area (Å²) in [6, 6.07) is 6.29. The van der Waals surface area contributed by atoms with E-state index in [9.17, 15) is 0 Å². The molecule has 1 aliphatic carbocycles. The van der Waals surface area contributed by atoms with Crippen LogP contribution in [0, 0.1) is 0 Å². The van der Waals surface area contributed by atoms with E-state index in [1.165, 1.54) is 18.4 Å². The molecule has 1 aliphatic rings. The number of aromatic nitrogens is 2. The molecule has 0 saturated heterocycles. The molecule has 90 valence electrons. The van der Waals surface area contributed by atoms with Gasteiger partial charge in [-0.05, 0) is 30.5 Å². The second kappa shape index (κ2) is 3.72. The second-order valence-electron chi connectivity index (χ2n) is 5.01. The van der Waals surface area contributed by atoms with Crippen molar-refractivity contribution in [1.82, 2.24) is 9.78 Å². The predicted octanol–water partition coefficient (Wildman–Crippen LogP) is 2.95. The summed E-state index contributed by atoms with van der Waals surface area (Å²) in [5, 5.41) is 5.79. The number of rotatable bonds is 1. The van der Waals surface area contributed by atoms with Gasteiger partial charge in [0.1, 0.15) is 0 Å². The Morgan fingerprint density at radius 2 is 2.06 bits per heavy atom. The molecule has 4 heteroatoms. The van der Waals surface area contributed by atoms with Gasteiger partial charge in [0.25, 0.3) is 0 Å². The van der Waals surface area contributed by atoms with Gasteiger partial charge < -0.3 is 5.73 Å². The summed E-state index contributed by atoms with van der Waals surface area (Å²) in [6.45, 7) is 0. The number of aryl methyl sites for hydroxylation is 1. The van der Waals surface area contributed by atoms with Crippen LogP contribution in [0.5, 0.6) is 0 Å². The predicted molar refractivity (Wildman–Crippen MR) is 70.1 cm³/mol. The molecule has 0 aliphatic heterocycles. The normalized spacial score (nSPS) is 19.0. The number of hydrogen-bond donors (Lipinski definition) is 1. The Morgan fingerprint density at radius 3 is 2.76 bits per heavy atom. The molecule has 1 aromatic carbocycles. The van der Waals surface area contributed by atoms with Crippen LogP contribution in [-0.4, -0.2) is 9.78 Å². The topological polar surface area (TPSA) is 43.8 Å². The van der Waals surface area contributed by atoms with Gasteiger partial charge in [-0.1, -0.05) is 30.5 Å². The van der Waals surface area contributed by atoms with Gasteiger partial charge in [0, 0.05) is 18.0 Å². The summed E-state index contributed by atoms with van der Waals surface area (Å²) in [4.78, 5) is 0. The molecule has 17 heavy (non-hydrogen) atoms. The lowest BCUT2D eigenvalue weighted by Crippen LogP contribution is -2.32. The fraction of sp³-hybridized carbons (Fsp3) is 0.462. The first kappa shape index (κ1) is 11.1. The van der Waals surface area contributed by atoms with Crippen LogP contribution < -0.4 is 5.73 Å². The van der Waals surface area contributed by atoms with Crippen molar-refractivity contribution < 1.29 is 0 Å². The average molecular weight is 250 g/mol. The van der Waals surface area contributed by atoms with Gasteiger partial charge in [-0.15, -0.1) is 0 Å². The van der Waals surface area contributed by atoms with Gasteiger partial charge >= 0.3 is 0 Å². The highest BCUT2D eigenvalue weighted by Crippen LogP contribution is 2.38. The van der Waals surface area contributed by atoms with Crippen molar-refractivity contribution in [2.75, 3.05) is 0 Å². The van der Waals surface area contributed by atoms with Crippen molar-refractivity contribution in [3.05, 3.63) is 28.9 Å². The number of nitrogens with two attached hydrogens (primary N) is 1. The van der Waals surface area contributed by atoms with Crippen LogP contribution in [0.3, 0.4) is 0 Å². The first-order valence-corrected chi connectivity index (χ1v) is 6.40. The van der Waals surface area contributed by atoms with Gasteiger partial charge in [-0.3, -0.25) is 4.68 Å². The maximum absolute atomic E-state index is 6.46. The molecule has 0 unspecified atom stereocenters. The minimum absolute atomic E-state index is 0.159. The fourth-order valence-electron chi connectivity index (χ4n) is 2.83. The minimum atomic E-state index is -0.159. The van der Waals surface area contributed by atoms with E-state index in [1.54, 1.807) is 4.68 Å². The molecule has 3 nitrogen and oxygen atoms in total. The van der Waals surface area contributed by atoms with E-state index in [4.69, 9.17) is 17.3 Å². The standard InChI is InChI=1S/C13H16ClN3/c1-17-11-5-4-9(8-10(11)12(14)16-17)13(15)6-2-3-7-13/h4-5,8H,2-3,6-7,15H2,1H3. The van der Waals surface area contributed by atoms with E-state index >= 15 is 0 Å². The van der Waals surface area contributed by atoms with Crippen LogP contribution in [0.2, 0.25) is 5.15 Å². The zero-order chi connectivity index (χ0) is 12.0. The molecule has 1 aromatic heterocycles. The van der Waals surface area contributed by atoms with Gasteiger partial charge in [0.05, 0.1) is 5.52 Å². The smallest absolute Gasteiger partial charge is 0.158 e. The Bertz CT molecular complexity index is 567. The first-order valence-electron chi connectivity index (χ1n) is 6.02. The number of hydrogen-bond acceptors (Lipinski definition) is 2. The lowest BCUT2D eigenvalue weighted by Gasteiger charge is -2.24. The average Bonchev–Trinajstić information content (AvgIpc) is 2.86. The highest BCUT2D eigenvalue weighted by molar-refractivity contribution is 6.34. The van der Waals surface area contributed by atoms with Crippen molar-refractivity contribution >= 4 is 22.5 Å². The Balaban J connectivity index is 2.16. The Labute approximate surface area is 106 Å². The fourth-order valence-corrected chi connectivity index (χ4v) is 3.09. The van der Waals surface area contributed by atoms with E-state index in [0.717, 1.165) is 23.7 Å². The summed E-state index contributed by atoms with van der Waals surface area (Å²) in [5.41, 5.74) is 8.55. The second-order valence-corrected chi connectivity index (χ2v) is 5.37. The number of nitrogens with zero attached hydrogens (tertiary/aromatic N) is 2. The highest BCUT2D eigenvalue weighted by atomic mass is 35.5. The molecule has 0 amide bonds. The molecule has 0 radical (unpaired) electrons. The minimum Gasteiger partial charge on any atom is -0.321 e. The molecule has 1 fully saturated rings. The maximum atomic E-state index is 6.46. The molecule has 0 atom stereocenters. The van der Waals surface area contributed by atoms with E-state index < -0.39 is 0 Å². The van der Waals surface area contributed by atoms with Crippen molar-refractivity contribution in [3.63, 3.8) is 0 Å². The van der Waals surface area contributed by atoms with Crippen molar-refractivity contribution in [1.29, 1.82) is 0 Å². The third kappa shape index (κ3) is 1.65. The Kier molecular flexibility index (Phi) is 2.42. The van der Waals surface area contributed by atoms with E-state index in [1.807, 2.05) is 7.05 Å². The summed E-state index contributed by atoms with van der Waals surface area (Å²) >= 11 is 6.13. The summed E-state index contributed by atoms with van der Waals surface area (Å²) in [5.74, 6) is 0. The molecule has 2 aromatic rings. The molecule has 0 spiro atoms. The molecule has 1 saturated carbocycles. The third-order valence-corrected chi connectivity index (χ3v) is 4.16. The lowest BCUT2D eigenvalue weighted by molar-refractivity contribution is 0.462. The molecule has 3 rings (SSSR count). The van der Waals surface area contributed by atoms with E-state index in [2.05, 4.69) is 23.3 Å². The van der Waals surface area contributed by atoms with Gasteiger partial charge in [0.15, 0.2) is 5.15 Å². The van der Waals surface area contributed by atoms with E-state index in [0.29, 0.717) is 5.15 Å². The van der Waals surface area contributed by atoms with Crippen LogP contribution in [0.25, 0.3) is 10.9 Å². The van der Waals surface area contributed by atoms with Gasteiger partial charge in [-0.25, -0.2) is 0 Å². The zero-order valence-electron chi connectivity index (χ0n) is 9.91. The van der Waals surface area contributed by atoms with Crippen LogP contribution in [-0.2, 0) is 12.6 Å². The first-order chi connectivity index (χ1) is 8.10. The number of fused-ring (bicyclic) bond motifs is 1. The lowest BCUT2D eigenvalue weighted by atomic mass is 9.89. The molecular formula is C13H16ClN3. The molecule has 1 heterocycles. The Morgan fingerprint density at radius 1 is 1.35 bits per heavy atom. The number of benzene rings is 1.